The molecule has 0 aliphatic carbocycles. The van der Waals surface area contributed by atoms with Crippen molar-refractivity contribution in [3.05, 3.63) is 35.4 Å². The van der Waals surface area contributed by atoms with Crippen LogP contribution in [0.4, 0.5) is 0 Å². The van der Waals surface area contributed by atoms with Gasteiger partial charge in [0.15, 0.2) is 0 Å². The molecule has 1 N–H and O–H groups in total. The third-order valence-corrected chi connectivity index (χ3v) is 3.87. The Balaban J connectivity index is 2.14. The standard InChI is InChI=1S/C17H31N3/c1-5-20(6-2)14-12-18-11-13-19(4)15-17-10-8-7-9-16(17)3/h7-10,18H,5-6,11-15H2,1-4H3. The minimum Gasteiger partial charge on any atom is -0.314 e. The summed E-state index contributed by atoms with van der Waals surface area (Å²) < 4.78 is 0. The highest BCUT2D eigenvalue weighted by Gasteiger charge is 2.02. The number of nitrogens with one attached hydrogen (secondary N) is 1. The number of hydrogen-bond acceptors (Lipinski definition) is 3. The van der Waals surface area contributed by atoms with Crippen LogP contribution in [0.3, 0.4) is 0 Å². The Morgan fingerprint density at radius 3 is 2.30 bits per heavy atom. The van der Waals surface area contributed by atoms with Gasteiger partial charge in [-0.05, 0) is 38.2 Å². The topological polar surface area (TPSA) is 18.5 Å². The van der Waals surface area contributed by atoms with Crippen molar-refractivity contribution in [1.82, 2.24) is 15.1 Å². The van der Waals surface area contributed by atoms with E-state index in [9.17, 15) is 0 Å². The van der Waals surface area contributed by atoms with Gasteiger partial charge >= 0.3 is 0 Å². The van der Waals surface area contributed by atoms with Crippen LogP contribution in [0.5, 0.6) is 0 Å². The monoisotopic (exact) mass is 277 g/mol. The highest BCUT2D eigenvalue weighted by molar-refractivity contribution is 5.25. The van der Waals surface area contributed by atoms with Crippen LogP contribution in [0.15, 0.2) is 24.3 Å². The fraction of sp³-hybridized carbons (Fsp3) is 0.647. The van der Waals surface area contributed by atoms with Crippen molar-refractivity contribution < 1.29 is 0 Å². The maximum absolute atomic E-state index is 3.53. The molecule has 0 aliphatic rings. The average Bonchev–Trinajstić information content (AvgIpc) is 2.45. The number of nitrogens with zero attached hydrogens (tertiary/aromatic N) is 2. The summed E-state index contributed by atoms with van der Waals surface area (Å²) in [4.78, 5) is 4.83. The van der Waals surface area contributed by atoms with Crippen molar-refractivity contribution in [1.29, 1.82) is 0 Å². The Morgan fingerprint density at radius 2 is 1.65 bits per heavy atom. The molecule has 114 valence electrons. The molecule has 0 aromatic heterocycles. The lowest BCUT2D eigenvalue weighted by atomic mass is 10.1. The third-order valence-electron chi connectivity index (χ3n) is 3.87. The minimum absolute atomic E-state index is 1.03. The van der Waals surface area contributed by atoms with Crippen molar-refractivity contribution in [3.8, 4) is 0 Å². The molecule has 0 atom stereocenters. The zero-order chi connectivity index (χ0) is 14.8. The van der Waals surface area contributed by atoms with E-state index < -0.39 is 0 Å². The van der Waals surface area contributed by atoms with Gasteiger partial charge in [0.25, 0.3) is 0 Å². The van der Waals surface area contributed by atoms with Crippen molar-refractivity contribution in [2.45, 2.75) is 27.3 Å². The van der Waals surface area contributed by atoms with E-state index in [1.54, 1.807) is 0 Å². The summed E-state index contributed by atoms with van der Waals surface area (Å²) in [5.74, 6) is 0. The number of rotatable bonds is 10. The molecule has 0 unspecified atom stereocenters. The quantitative estimate of drug-likeness (QED) is 0.662. The van der Waals surface area contributed by atoms with Crippen molar-refractivity contribution >= 4 is 0 Å². The Bertz CT molecular complexity index is 361. The molecule has 0 spiro atoms. The molecule has 0 heterocycles. The van der Waals surface area contributed by atoms with Gasteiger partial charge in [-0.25, -0.2) is 0 Å². The number of hydrogen-bond donors (Lipinski definition) is 1. The predicted molar refractivity (Wildman–Crippen MR) is 88.2 cm³/mol. The SMILES string of the molecule is CCN(CC)CCNCCN(C)Cc1ccccc1C. The summed E-state index contributed by atoms with van der Waals surface area (Å²) in [6.07, 6.45) is 0. The first-order valence-corrected chi connectivity index (χ1v) is 7.83. The van der Waals surface area contributed by atoms with Crippen LogP contribution in [-0.2, 0) is 6.54 Å². The Hall–Kier alpha value is -0.900. The lowest BCUT2D eigenvalue weighted by Crippen LogP contribution is -2.35. The van der Waals surface area contributed by atoms with Crippen molar-refractivity contribution in [2.24, 2.45) is 0 Å². The molecule has 1 aromatic carbocycles. The lowest BCUT2D eigenvalue weighted by molar-refractivity contribution is 0.291. The molecule has 20 heavy (non-hydrogen) atoms. The van der Waals surface area contributed by atoms with Crippen LogP contribution < -0.4 is 5.32 Å². The van der Waals surface area contributed by atoms with Gasteiger partial charge in [0, 0.05) is 32.7 Å². The summed E-state index contributed by atoms with van der Waals surface area (Å²) in [5.41, 5.74) is 2.81. The minimum atomic E-state index is 1.03. The van der Waals surface area contributed by atoms with Crippen molar-refractivity contribution in [2.75, 3.05) is 46.3 Å². The summed E-state index contributed by atoms with van der Waals surface area (Å²) in [6.45, 7) is 14.3. The molecule has 1 aromatic rings. The maximum atomic E-state index is 3.53. The number of aryl methyl sites for hydroxylation is 1. The first-order chi connectivity index (χ1) is 9.67. The van der Waals surface area contributed by atoms with Gasteiger partial charge in [0.1, 0.15) is 0 Å². The third kappa shape index (κ3) is 6.51. The predicted octanol–water partition coefficient (Wildman–Crippen LogP) is 2.36. The van der Waals surface area contributed by atoms with Crippen LogP contribution in [-0.4, -0.2) is 56.1 Å². The van der Waals surface area contributed by atoms with E-state index in [0.29, 0.717) is 0 Å². The summed E-state index contributed by atoms with van der Waals surface area (Å²) in [6, 6.07) is 8.64. The molecule has 1 rings (SSSR count). The summed E-state index contributed by atoms with van der Waals surface area (Å²) >= 11 is 0. The molecular weight excluding hydrogens is 246 g/mol. The second-order valence-corrected chi connectivity index (χ2v) is 5.44. The Morgan fingerprint density at radius 1 is 1.00 bits per heavy atom. The fourth-order valence-corrected chi connectivity index (χ4v) is 2.33. The van der Waals surface area contributed by atoms with E-state index in [1.807, 2.05) is 0 Å². The van der Waals surface area contributed by atoms with Gasteiger partial charge in [0.05, 0.1) is 0 Å². The van der Waals surface area contributed by atoms with Crippen LogP contribution >= 0.6 is 0 Å². The van der Waals surface area contributed by atoms with Crippen LogP contribution in [0.2, 0.25) is 0 Å². The molecule has 0 aliphatic heterocycles. The second kappa shape index (κ2) is 9.92. The van der Waals surface area contributed by atoms with Gasteiger partial charge in [-0.1, -0.05) is 38.1 Å². The lowest BCUT2D eigenvalue weighted by Gasteiger charge is -2.20. The van der Waals surface area contributed by atoms with E-state index in [4.69, 9.17) is 0 Å². The van der Waals surface area contributed by atoms with E-state index in [1.165, 1.54) is 11.1 Å². The van der Waals surface area contributed by atoms with Gasteiger partial charge in [-0.3, -0.25) is 0 Å². The summed E-state index contributed by atoms with van der Waals surface area (Å²) in [7, 11) is 2.19. The normalized spacial score (nSPS) is 11.5. The van der Waals surface area contributed by atoms with E-state index in [-0.39, 0.29) is 0 Å². The van der Waals surface area contributed by atoms with Crippen LogP contribution in [0, 0.1) is 6.92 Å². The Labute approximate surface area is 125 Å². The fourth-order valence-electron chi connectivity index (χ4n) is 2.33. The first kappa shape index (κ1) is 17.2. The van der Waals surface area contributed by atoms with E-state index in [2.05, 4.69) is 67.2 Å². The zero-order valence-corrected chi connectivity index (χ0v) is 13.7. The van der Waals surface area contributed by atoms with Gasteiger partial charge in [0.2, 0.25) is 0 Å². The largest absolute Gasteiger partial charge is 0.314 e. The Kier molecular flexibility index (Phi) is 8.51. The smallest absolute Gasteiger partial charge is 0.0233 e. The van der Waals surface area contributed by atoms with E-state index in [0.717, 1.165) is 45.8 Å². The number of likely N-dealkylation sites (N-methyl/N-ethyl adjacent to an activating group) is 2. The highest BCUT2D eigenvalue weighted by Crippen LogP contribution is 2.08. The summed E-state index contributed by atoms with van der Waals surface area (Å²) in [5, 5.41) is 3.53. The van der Waals surface area contributed by atoms with Crippen LogP contribution in [0.25, 0.3) is 0 Å². The number of benzene rings is 1. The van der Waals surface area contributed by atoms with E-state index >= 15 is 0 Å². The van der Waals surface area contributed by atoms with Gasteiger partial charge < -0.3 is 15.1 Å². The molecular formula is C17H31N3. The molecule has 0 radical (unpaired) electrons. The zero-order valence-electron chi connectivity index (χ0n) is 13.7. The molecule has 3 heteroatoms. The van der Waals surface area contributed by atoms with Gasteiger partial charge in [-0.15, -0.1) is 0 Å². The maximum Gasteiger partial charge on any atom is 0.0233 e. The second-order valence-electron chi connectivity index (χ2n) is 5.44. The molecule has 0 amide bonds. The van der Waals surface area contributed by atoms with Crippen molar-refractivity contribution in [3.63, 3.8) is 0 Å². The van der Waals surface area contributed by atoms with Crippen LogP contribution in [0.1, 0.15) is 25.0 Å². The first-order valence-electron chi connectivity index (χ1n) is 7.83. The molecule has 0 saturated heterocycles. The average molecular weight is 277 g/mol. The molecule has 0 bridgehead atoms. The molecule has 0 saturated carbocycles. The highest BCUT2D eigenvalue weighted by atomic mass is 15.1. The molecule has 3 nitrogen and oxygen atoms in total. The molecule has 0 fully saturated rings. The van der Waals surface area contributed by atoms with Gasteiger partial charge in [-0.2, -0.15) is 0 Å².